The third kappa shape index (κ3) is 1.67. The fourth-order valence-corrected chi connectivity index (χ4v) is 2.64. The third-order valence-corrected chi connectivity index (χ3v) is 3.52. The highest BCUT2D eigenvalue weighted by Gasteiger charge is 2.16. The van der Waals surface area contributed by atoms with Crippen LogP contribution in [0.2, 0.25) is 0 Å². The van der Waals surface area contributed by atoms with Gasteiger partial charge in [0.05, 0.1) is 0 Å². The molecule has 1 aromatic carbocycles. The molecule has 0 atom stereocenters. The van der Waals surface area contributed by atoms with Crippen molar-refractivity contribution in [2.45, 2.75) is 0 Å². The molecule has 0 bridgehead atoms. The van der Waals surface area contributed by atoms with Gasteiger partial charge in [-0.2, -0.15) is 5.26 Å². The number of fused-ring (bicyclic) bond motifs is 1. The van der Waals surface area contributed by atoms with Crippen molar-refractivity contribution in [2.24, 2.45) is 0 Å². The lowest BCUT2D eigenvalue weighted by molar-refractivity contribution is 0.171. The van der Waals surface area contributed by atoms with Gasteiger partial charge in [-0.3, -0.25) is 0 Å². The number of rotatable bonds is 1. The Morgan fingerprint density at radius 2 is 2.00 bits per heavy atom. The van der Waals surface area contributed by atoms with Gasteiger partial charge in [0, 0.05) is 10.9 Å². The molecule has 18 heavy (non-hydrogen) atoms. The van der Waals surface area contributed by atoms with Crippen LogP contribution in [-0.2, 0) is 0 Å². The fraction of sp³-hybridized carbons (Fsp3) is 0.154. The summed E-state index contributed by atoms with van der Waals surface area (Å²) in [6, 6.07) is 7.52. The average Bonchev–Trinajstić information content (AvgIpc) is 2.79. The molecule has 0 fully saturated rings. The molecule has 5 heteroatoms. The van der Waals surface area contributed by atoms with Crippen LogP contribution in [0, 0.1) is 11.3 Å². The first-order valence-electron chi connectivity index (χ1n) is 5.40. The molecule has 2 aromatic rings. The van der Waals surface area contributed by atoms with E-state index in [0.717, 1.165) is 22.5 Å². The number of nitrogens with zero attached hydrogens (tertiary/aromatic N) is 1. The summed E-state index contributed by atoms with van der Waals surface area (Å²) >= 11 is 1.15. The molecule has 0 aliphatic carbocycles. The van der Waals surface area contributed by atoms with Gasteiger partial charge in [-0.05, 0) is 17.7 Å². The van der Waals surface area contributed by atoms with E-state index in [4.69, 9.17) is 14.7 Å². The Morgan fingerprint density at radius 3 is 2.78 bits per heavy atom. The van der Waals surface area contributed by atoms with Gasteiger partial charge in [-0.25, -0.2) is 0 Å². The Labute approximate surface area is 108 Å². The minimum Gasteiger partial charge on any atom is -0.499 e. The van der Waals surface area contributed by atoms with E-state index in [9.17, 15) is 5.11 Å². The number of thiophene rings is 1. The molecule has 1 aliphatic heterocycles. The third-order valence-electron chi connectivity index (χ3n) is 2.74. The predicted octanol–water partition coefficient (Wildman–Crippen LogP) is 2.76. The predicted molar refractivity (Wildman–Crippen MR) is 67.1 cm³/mol. The standard InChI is InChI=1S/C13H9NO3S/c14-6-9-10(7-18-13(9)15)8-1-2-11-12(5-8)17-4-3-16-11/h1-2,5,7,15H,3-4H2. The number of hydrogen-bond acceptors (Lipinski definition) is 5. The van der Waals surface area contributed by atoms with E-state index in [0.29, 0.717) is 30.3 Å². The van der Waals surface area contributed by atoms with Crippen LogP contribution < -0.4 is 9.47 Å². The van der Waals surface area contributed by atoms with Gasteiger partial charge in [0.15, 0.2) is 16.6 Å². The molecule has 90 valence electrons. The molecule has 1 N–H and O–H groups in total. The number of nitriles is 1. The Kier molecular flexibility index (Phi) is 2.58. The molecule has 4 nitrogen and oxygen atoms in total. The summed E-state index contributed by atoms with van der Waals surface area (Å²) in [7, 11) is 0. The number of benzene rings is 1. The van der Waals surface area contributed by atoms with E-state index in [2.05, 4.69) is 0 Å². The van der Waals surface area contributed by atoms with Crippen molar-refractivity contribution in [1.82, 2.24) is 0 Å². The normalized spacial score (nSPS) is 13.1. The maximum absolute atomic E-state index is 9.57. The first-order chi connectivity index (χ1) is 8.79. The molecule has 0 saturated carbocycles. The van der Waals surface area contributed by atoms with Crippen LogP contribution in [-0.4, -0.2) is 18.3 Å². The fourth-order valence-electron chi connectivity index (χ4n) is 1.88. The molecular formula is C13H9NO3S. The van der Waals surface area contributed by atoms with Crippen LogP contribution in [0.25, 0.3) is 11.1 Å². The van der Waals surface area contributed by atoms with E-state index >= 15 is 0 Å². The molecule has 0 amide bonds. The minimum atomic E-state index is 0.0439. The Balaban J connectivity index is 2.10. The highest BCUT2D eigenvalue weighted by atomic mass is 32.1. The van der Waals surface area contributed by atoms with Crippen molar-refractivity contribution in [1.29, 1.82) is 5.26 Å². The van der Waals surface area contributed by atoms with Crippen molar-refractivity contribution < 1.29 is 14.6 Å². The number of ether oxygens (including phenoxy) is 2. The van der Waals surface area contributed by atoms with Gasteiger partial charge in [-0.1, -0.05) is 6.07 Å². The van der Waals surface area contributed by atoms with E-state index < -0.39 is 0 Å². The van der Waals surface area contributed by atoms with Crippen LogP contribution in [0.1, 0.15) is 5.56 Å². The highest BCUT2D eigenvalue weighted by Crippen LogP contribution is 2.39. The molecule has 0 spiro atoms. The van der Waals surface area contributed by atoms with Crippen molar-refractivity contribution in [2.75, 3.05) is 13.2 Å². The summed E-state index contributed by atoms with van der Waals surface area (Å²) in [4.78, 5) is 0. The van der Waals surface area contributed by atoms with Gasteiger partial charge >= 0.3 is 0 Å². The zero-order valence-corrected chi connectivity index (χ0v) is 10.2. The van der Waals surface area contributed by atoms with Gasteiger partial charge in [0.25, 0.3) is 0 Å². The molecule has 0 radical (unpaired) electrons. The molecule has 0 saturated heterocycles. The largest absolute Gasteiger partial charge is 0.499 e. The van der Waals surface area contributed by atoms with Crippen LogP contribution >= 0.6 is 11.3 Å². The van der Waals surface area contributed by atoms with Gasteiger partial charge in [-0.15, -0.1) is 11.3 Å². The second kappa shape index (κ2) is 4.24. The summed E-state index contributed by atoms with van der Waals surface area (Å²) in [5.41, 5.74) is 1.86. The van der Waals surface area contributed by atoms with E-state index in [1.807, 2.05) is 24.3 Å². The number of hydrogen-bond donors (Lipinski definition) is 1. The lowest BCUT2D eigenvalue weighted by Gasteiger charge is -2.18. The zero-order chi connectivity index (χ0) is 12.5. The van der Waals surface area contributed by atoms with Crippen LogP contribution in [0.5, 0.6) is 16.6 Å². The van der Waals surface area contributed by atoms with E-state index in [1.165, 1.54) is 0 Å². The summed E-state index contributed by atoms with van der Waals surface area (Å²) in [5.74, 6) is 1.39. The first kappa shape index (κ1) is 10.9. The zero-order valence-electron chi connectivity index (χ0n) is 9.34. The summed E-state index contributed by atoms with van der Waals surface area (Å²) in [5, 5.41) is 20.4. The molecule has 1 aromatic heterocycles. The van der Waals surface area contributed by atoms with Crippen LogP contribution in [0.4, 0.5) is 0 Å². The topological polar surface area (TPSA) is 62.5 Å². The highest BCUT2D eigenvalue weighted by molar-refractivity contribution is 7.12. The number of aromatic hydroxyl groups is 1. The maximum Gasteiger partial charge on any atom is 0.190 e. The second-order valence-electron chi connectivity index (χ2n) is 3.80. The average molecular weight is 259 g/mol. The van der Waals surface area contributed by atoms with Crippen LogP contribution in [0.15, 0.2) is 23.6 Å². The van der Waals surface area contributed by atoms with Crippen molar-refractivity contribution in [3.05, 3.63) is 29.1 Å². The smallest absolute Gasteiger partial charge is 0.190 e. The lowest BCUT2D eigenvalue weighted by Crippen LogP contribution is -2.15. The van der Waals surface area contributed by atoms with E-state index in [1.54, 1.807) is 5.38 Å². The summed E-state index contributed by atoms with van der Waals surface area (Å²) in [6.45, 7) is 1.07. The first-order valence-corrected chi connectivity index (χ1v) is 6.28. The van der Waals surface area contributed by atoms with Gasteiger partial charge < -0.3 is 14.6 Å². The molecule has 2 heterocycles. The summed E-state index contributed by atoms with van der Waals surface area (Å²) < 4.78 is 10.9. The summed E-state index contributed by atoms with van der Waals surface area (Å²) in [6.07, 6.45) is 0. The van der Waals surface area contributed by atoms with Gasteiger partial charge in [0.1, 0.15) is 24.8 Å². The van der Waals surface area contributed by atoms with Crippen molar-refractivity contribution in [3.63, 3.8) is 0 Å². The monoisotopic (exact) mass is 259 g/mol. The quantitative estimate of drug-likeness (QED) is 0.855. The SMILES string of the molecule is N#Cc1c(-c2ccc3c(c2)OCCO3)csc1O. The molecule has 1 aliphatic rings. The molecule has 0 unspecified atom stereocenters. The lowest BCUT2D eigenvalue weighted by atomic mass is 10.0. The van der Waals surface area contributed by atoms with Crippen molar-refractivity contribution >= 4 is 11.3 Å². The molecule has 3 rings (SSSR count). The van der Waals surface area contributed by atoms with Gasteiger partial charge in [0.2, 0.25) is 0 Å². The van der Waals surface area contributed by atoms with Crippen molar-refractivity contribution in [3.8, 4) is 33.8 Å². The Hall–Kier alpha value is -2.19. The van der Waals surface area contributed by atoms with Crippen LogP contribution in [0.3, 0.4) is 0 Å². The Morgan fingerprint density at radius 1 is 1.22 bits per heavy atom. The minimum absolute atomic E-state index is 0.0439. The second-order valence-corrected chi connectivity index (χ2v) is 4.66. The van der Waals surface area contributed by atoms with E-state index in [-0.39, 0.29) is 5.06 Å². The Bertz CT molecular complexity index is 642. The maximum atomic E-state index is 9.57. The molecular weight excluding hydrogens is 250 g/mol.